The van der Waals surface area contributed by atoms with Gasteiger partial charge in [-0.3, -0.25) is 4.90 Å². The Balaban J connectivity index is 1.99. The molecule has 2 rings (SSSR count). The minimum Gasteiger partial charge on any atom is -0.338 e. The second-order valence-electron chi connectivity index (χ2n) is 7.91. The van der Waals surface area contributed by atoms with E-state index in [2.05, 4.69) is 16.0 Å². The van der Waals surface area contributed by atoms with Crippen LogP contribution in [-0.2, 0) is 0 Å². The summed E-state index contributed by atoms with van der Waals surface area (Å²) in [6, 6.07) is 12.7. The molecule has 6 nitrogen and oxygen atoms in total. The van der Waals surface area contributed by atoms with Gasteiger partial charge in [0, 0.05) is 30.0 Å². The summed E-state index contributed by atoms with van der Waals surface area (Å²) in [6.45, 7) is 8.44. The smallest absolute Gasteiger partial charge is 0.326 e. The van der Waals surface area contributed by atoms with Crippen LogP contribution in [0.1, 0.15) is 32.8 Å². The molecule has 0 heterocycles. The van der Waals surface area contributed by atoms with Crippen LogP contribution in [0.15, 0.2) is 48.5 Å². The predicted molar refractivity (Wildman–Crippen MR) is 115 cm³/mol. The first-order valence-electron chi connectivity index (χ1n) is 9.61. The van der Waals surface area contributed by atoms with E-state index >= 15 is 0 Å². The van der Waals surface area contributed by atoms with E-state index in [-0.39, 0.29) is 23.4 Å². The van der Waals surface area contributed by atoms with Crippen molar-refractivity contribution in [1.29, 1.82) is 0 Å². The van der Waals surface area contributed by atoms with Crippen molar-refractivity contribution in [3.05, 3.63) is 59.9 Å². The van der Waals surface area contributed by atoms with Gasteiger partial charge in [0.1, 0.15) is 5.82 Å². The normalized spacial score (nSPS) is 10.9. The van der Waals surface area contributed by atoms with Gasteiger partial charge in [-0.1, -0.05) is 17.7 Å². The van der Waals surface area contributed by atoms with Gasteiger partial charge >= 0.3 is 12.1 Å². The number of urea groups is 2. The van der Waals surface area contributed by atoms with Crippen molar-refractivity contribution in [2.75, 3.05) is 23.3 Å². The topological polar surface area (TPSA) is 73.5 Å². The molecule has 0 atom stereocenters. The largest absolute Gasteiger partial charge is 0.338 e. The molecule has 7 heteroatoms. The standard InChI is InChI=1S/C22H29FN4O2/c1-16-6-10-18(11-7-16)25-21(29)27(19-12-8-17(23)9-13-19)15-5-14-24-20(28)26-22(2,3)4/h6-13H,5,14-15H2,1-4H3,(H,25,29)(H2,24,26,28). The molecule has 0 aliphatic heterocycles. The molecule has 0 unspecified atom stereocenters. The molecule has 2 aromatic carbocycles. The number of amides is 4. The molecule has 156 valence electrons. The average molecular weight is 400 g/mol. The third kappa shape index (κ3) is 7.81. The zero-order chi connectivity index (χ0) is 21.4. The van der Waals surface area contributed by atoms with E-state index in [1.54, 1.807) is 12.1 Å². The fourth-order valence-corrected chi connectivity index (χ4v) is 2.62. The first-order chi connectivity index (χ1) is 13.6. The van der Waals surface area contributed by atoms with Gasteiger partial charge < -0.3 is 16.0 Å². The summed E-state index contributed by atoms with van der Waals surface area (Å²) >= 11 is 0. The van der Waals surface area contributed by atoms with Gasteiger partial charge in [0.2, 0.25) is 0 Å². The summed E-state index contributed by atoms with van der Waals surface area (Å²) in [5, 5.41) is 8.46. The van der Waals surface area contributed by atoms with Crippen LogP contribution in [0, 0.1) is 12.7 Å². The Morgan fingerprint density at radius 1 is 1.00 bits per heavy atom. The predicted octanol–water partition coefficient (Wildman–Crippen LogP) is 4.66. The Hall–Kier alpha value is -3.09. The van der Waals surface area contributed by atoms with Gasteiger partial charge in [-0.05, 0) is 70.5 Å². The van der Waals surface area contributed by atoms with Crippen molar-refractivity contribution >= 4 is 23.4 Å². The molecule has 0 bridgehead atoms. The number of nitrogens with zero attached hydrogens (tertiary/aromatic N) is 1. The summed E-state index contributed by atoms with van der Waals surface area (Å²) in [6.07, 6.45) is 0.538. The highest BCUT2D eigenvalue weighted by molar-refractivity contribution is 6.01. The number of benzene rings is 2. The van der Waals surface area contributed by atoms with Crippen molar-refractivity contribution in [2.24, 2.45) is 0 Å². The van der Waals surface area contributed by atoms with Crippen LogP contribution in [0.5, 0.6) is 0 Å². The lowest BCUT2D eigenvalue weighted by molar-refractivity contribution is 0.232. The Bertz CT molecular complexity index is 814. The van der Waals surface area contributed by atoms with Gasteiger partial charge in [-0.15, -0.1) is 0 Å². The van der Waals surface area contributed by atoms with Gasteiger partial charge in [0.05, 0.1) is 0 Å². The maximum atomic E-state index is 13.3. The number of carbonyl (C=O) groups is 2. The van der Waals surface area contributed by atoms with Crippen LogP contribution in [-0.4, -0.2) is 30.7 Å². The second-order valence-corrected chi connectivity index (χ2v) is 7.91. The molecule has 0 aromatic heterocycles. The third-order valence-electron chi connectivity index (χ3n) is 4.02. The van der Waals surface area contributed by atoms with E-state index < -0.39 is 0 Å². The lowest BCUT2D eigenvalue weighted by atomic mass is 10.1. The maximum absolute atomic E-state index is 13.3. The van der Waals surface area contributed by atoms with E-state index in [9.17, 15) is 14.0 Å². The highest BCUT2D eigenvalue weighted by atomic mass is 19.1. The van der Waals surface area contributed by atoms with Crippen LogP contribution >= 0.6 is 0 Å². The summed E-state index contributed by atoms with van der Waals surface area (Å²) in [5.41, 5.74) is 2.03. The van der Waals surface area contributed by atoms with Gasteiger partial charge in [-0.25, -0.2) is 14.0 Å². The Morgan fingerprint density at radius 2 is 1.62 bits per heavy atom. The molecule has 3 N–H and O–H groups in total. The lowest BCUT2D eigenvalue weighted by Gasteiger charge is -2.24. The minimum atomic E-state index is -0.367. The SMILES string of the molecule is Cc1ccc(NC(=O)N(CCCNC(=O)NC(C)(C)C)c2ccc(F)cc2)cc1. The van der Waals surface area contributed by atoms with Crippen molar-refractivity contribution in [2.45, 2.75) is 39.7 Å². The highest BCUT2D eigenvalue weighted by Crippen LogP contribution is 2.18. The molecule has 0 saturated heterocycles. The molecule has 0 aliphatic carbocycles. The van der Waals surface area contributed by atoms with Crippen molar-refractivity contribution in [1.82, 2.24) is 10.6 Å². The number of rotatable bonds is 6. The molecule has 0 radical (unpaired) electrons. The first kappa shape index (κ1) is 22.2. The number of aryl methyl sites for hydroxylation is 1. The summed E-state index contributed by atoms with van der Waals surface area (Å²) in [5.74, 6) is -0.367. The molecule has 29 heavy (non-hydrogen) atoms. The van der Waals surface area contributed by atoms with Crippen LogP contribution < -0.4 is 20.9 Å². The number of hydrogen-bond donors (Lipinski definition) is 3. The number of nitrogens with one attached hydrogen (secondary N) is 3. The summed E-state index contributed by atoms with van der Waals surface area (Å²) in [7, 11) is 0. The zero-order valence-corrected chi connectivity index (χ0v) is 17.4. The Morgan fingerprint density at radius 3 is 2.21 bits per heavy atom. The fourth-order valence-electron chi connectivity index (χ4n) is 2.62. The number of anilines is 2. The Kier molecular flexibility index (Phi) is 7.59. The van der Waals surface area contributed by atoms with Crippen molar-refractivity contribution in [3.63, 3.8) is 0 Å². The number of halogens is 1. The van der Waals surface area contributed by atoms with Crippen LogP contribution in [0.25, 0.3) is 0 Å². The van der Waals surface area contributed by atoms with Gasteiger partial charge in [0.25, 0.3) is 0 Å². The second kappa shape index (κ2) is 9.91. The Labute approximate surface area is 171 Å². The van der Waals surface area contributed by atoms with Crippen molar-refractivity contribution in [3.8, 4) is 0 Å². The molecule has 2 aromatic rings. The molecule has 0 spiro atoms. The summed E-state index contributed by atoms with van der Waals surface area (Å²) < 4.78 is 13.3. The highest BCUT2D eigenvalue weighted by Gasteiger charge is 2.17. The molecule has 0 saturated carbocycles. The monoisotopic (exact) mass is 400 g/mol. The lowest BCUT2D eigenvalue weighted by Crippen LogP contribution is -2.47. The van der Waals surface area contributed by atoms with E-state index in [0.717, 1.165) is 5.56 Å². The van der Waals surface area contributed by atoms with E-state index in [1.165, 1.54) is 17.0 Å². The van der Waals surface area contributed by atoms with Crippen LogP contribution in [0.4, 0.5) is 25.4 Å². The molecule has 4 amide bonds. The molecule has 0 aliphatic rings. The quantitative estimate of drug-likeness (QED) is 0.617. The van der Waals surface area contributed by atoms with Crippen molar-refractivity contribution < 1.29 is 14.0 Å². The van der Waals surface area contributed by atoms with E-state index in [4.69, 9.17) is 0 Å². The fraction of sp³-hybridized carbons (Fsp3) is 0.364. The molecular formula is C22H29FN4O2. The average Bonchev–Trinajstić information content (AvgIpc) is 2.63. The maximum Gasteiger partial charge on any atom is 0.326 e. The first-order valence-corrected chi connectivity index (χ1v) is 9.61. The number of carbonyl (C=O) groups excluding carboxylic acids is 2. The van der Waals surface area contributed by atoms with E-state index in [0.29, 0.717) is 30.9 Å². The van der Waals surface area contributed by atoms with Crippen LogP contribution in [0.3, 0.4) is 0 Å². The number of hydrogen-bond acceptors (Lipinski definition) is 2. The molecule has 0 fully saturated rings. The van der Waals surface area contributed by atoms with Crippen LogP contribution in [0.2, 0.25) is 0 Å². The third-order valence-corrected chi connectivity index (χ3v) is 4.02. The summed E-state index contributed by atoms with van der Waals surface area (Å²) in [4.78, 5) is 26.2. The molecular weight excluding hydrogens is 371 g/mol. The zero-order valence-electron chi connectivity index (χ0n) is 17.4. The van der Waals surface area contributed by atoms with E-state index in [1.807, 2.05) is 52.0 Å². The van der Waals surface area contributed by atoms with Gasteiger partial charge in [-0.2, -0.15) is 0 Å². The minimum absolute atomic E-state index is 0.255. The van der Waals surface area contributed by atoms with Gasteiger partial charge in [0.15, 0.2) is 0 Å².